The second-order valence-corrected chi connectivity index (χ2v) is 4.70. The Morgan fingerprint density at radius 2 is 1.76 bits per heavy atom. The van der Waals surface area contributed by atoms with E-state index in [9.17, 15) is 13.6 Å². The van der Waals surface area contributed by atoms with Crippen LogP contribution >= 0.6 is 0 Å². The van der Waals surface area contributed by atoms with Gasteiger partial charge in [0.25, 0.3) is 5.91 Å². The van der Waals surface area contributed by atoms with Crippen molar-refractivity contribution in [1.82, 2.24) is 4.90 Å². The van der Waals surface area contributed by atoms with Gasteiger partial charge in [0.2, 0.25) is 0 Å². The predicted molar refractivity (Wildman–Crippen MR) is 64.0 cm³/mol. The summed E-state index contributed by atoms with van der Waals surface area (Å²) in [5.41, 5.74) is 0.105. The summed E-state index contributed by atoms with van der Waals surface area (Å²) in [5, 5.41) is 0. The zero-order valence-electron chi connectivity index (χ0n) is 10.6. The molecule has 0 atom stereocenters. The van der Waals surface area contributed by atoms with E-state index in [0.29, 0.717) is 25.9 Å². The number of hydrogen-bond donors (Lipinski definition) is 0. The molecule has 0 aromatic rings. The summed E-state index contributed by atoms with van der Waals surface area (Å²) in [6.07, 6.45) is 2.17. The maximum atomic E-state index is 12.8. The Morgan fingerprint density at radius 3 is 2.12 bits per heavy atom. The summed E-state index contributed by atoms with van der Waals surface area (Å²) in [7, 11) is 0. The molecule has 2 rings (SSSR count). The van der Waals surface area contributed by atoms with E-state index < -0.39 is 17.9 Å². The number of piperidine rings is 1. The molecular weight excluding hydrogens is 224 g/mol. The fraction of sp³-hybridized carbons (Fsp3) is 0.769. The Hall–Kier alpha value is -0.930. The Kier molecular flexibility index (Phi) is 4.66. The van der Waals surface area contributed by atoms with E-state index in [1.165, 1.54) is 4.90 Å². The summed E-state index contributed by atoms with van der Waals surface area (Å²) in [5.74, 6) is -1.51. The highest BCUT2D eigenvalue weighted by atomic mass is 19.1. The third-order valence-electron chi connectivity index (χ3n) is 3.65. The number of carbonyl (C=O) groups excluding carboxylic acids is 1. The monoisotopic (exact) mass is 245 g/mol. The summed E-state index contributed by atoms with van der Waals surface area (Å²) in [6, 6.07) is 0. The molecule has 4 heteroatoms. The highest BCUT2D eigenvalue weighted by molar-refractivity contribution is 5.90. The number of amides is 1. The lowest BCUT2D eigenvalue weighted by molar-refractivity contribution is -0.133. The van der Waals surface area contributed by atoms with E-state index in [1.54, 1.807) is 0 Å². The molecule has 0 aromatic carbocycles. The molecule has 0 aromatic heterocycles. The van der Waals surface area contributed by atoms with Crippen LogP contribution in [0.1, 0.15) is 39.5 Å². The van der Waals surface area contributed by atoms with Crippen LogP contribution in [0.4, 0.5) is 8.78 Å². The third kappa shape index (κ3) is 3.05. The number of hydrogen-bond acceptors (Lipinski definition) is 1. The van der Waals surface area contributed by atoms with Crippen molar-refractivity contribution in [2.24, 2.45) is 5.41 Å². The van der Waals surface area contributed by atoms with Crippen molar-refractivity contribution in [2.75, 3.05) is 13.1 Å². The minimum absolute atomic E-state index is 0.105. The third-order valence-corrected chi connectivity index (χ3v) is 3.65. The Bertz CT molecular complexity index is 288. The number of carbonyl (C=O) groups is 1. The maximum Gasteiger partial charge on any atom is 0.281 e. The fourth-order valence-corrected chi connectivity index (χ4v) is 2.64. The van der Waals surface area contributed by atoms with Crippen molar-refractivity contribution in [3.05, 3.63) is 12.4 Å². The van der Waals surface area contributed by atoms with Gasteiger partial charge in [-0.1, -0.05) is 20.4 Å². The van der Waals surface area contributed by atoms with Gasteiger partial charge in [0, 0.05) is 13.1 Å². The number of nitrogens with zero attached hydrogens (tertiary/aromatic N) is 1. The zero-order valence-corrected chi connectivity index (χ0v) is 10.6. The Labute approximate surface area is 102 Å². The molecule has 2 aliphatic rings. The molecule has 98 valence electrons. The molecular formula is C13H21F2NO. The molecule has 1 saturated heterocycles. The highest BCUT2D eigenvalue weighted by Crippen LogP contribution is 2.50. The van der Waals surface area contributed by atoms with Crippen molar-refractivity contribution in [2.45, 2.75) is 45.7 Å². The van der Waals surface area contributed by atoms with E-state index >= 15 is 0 Å². The molecule has 1 spiro atoms. The summed E-state index contributed by atoms with van der Waals surface area (Å²) < 4.78 is 25.4. The van der Waals surface area contributed by atoms with Gasteiger partial charge in [0.15, 0.2) is 5.83 Å². The van der Waals surface area contributed by atoms with Crippen LogP contribution in [0, 0.1) is 5.41 Å². The van der Waals surface area contributed by atoms with Crippen molar-refractivity contribution < 1.29 is 13.6 Å². The largest absolute Gasteiger partial charge is 0.337 e. The van der Waals surface area contributed by atoms with E-state index in [1.807, 2.05) is 13.8 Å². The molecule has 1 heterocycles. The van der Waals surface area contributed by atoms with Gasteiger partial charge in [0.05, 0.1) is 0 Å². The van der Waals surface area contributed by atoms with Gasteiger partial charge in [-0.15, -0.1) is 0 Å². The first-order valence-electron chi connectivity index (χ1n) is 6.30. The molecule has 2 nitrogen and oxygen atoms in total. The van der Waals surface area contributed by atoms with Gasteiger partial charge in [-0.25, -0.2) is 8.78 Å². The summed E-state index contributed by atoms with van der Waals surface area (Å²) in [6.45, 7) is 8.07. The smallest absolute Gasteiger partial charge is 0.281 e. The standard InChI is InChI=1S/C11H15F2NO.C2H6/c1-8(12)10(15)14-4-2-11(3-5-14)6-9(13)7-11;1-2/h9H,1-7H2;1-2H3. The second kappa shape index (κ2) is 5.61. The van der Waals surface area contributed by atoms with Gasteiger partial charge in [-0.2, -0.15) is 0 Å². The van der Waals surface area contributed by atoms with E-state index in [0.717, 1.165) is 12.8 Å². The molecule has 0 N–H and O–H groups in total. The summed E-state index contributed by atoms with van der Waals surface area (Å²) >= 11 is 0. The van der Waals surface area contributed by atoms with Crippen LogP contribution in [-0.4, -0.2) is 30.1 Å². The molecule has 0 bridgehead atoms. The van der Waals surface area contributed by atoms with Crippen LogP contribution in [-0.2, 0) is 4.79 Å². The second-order valence-electron chi connectivity index (χ2n) is 4.70. The van der Waals surface area contributed by atoms with Crippen molar-refractivity contribution in [1.29, 1.82) is 0 Å². The van der Waals surface area contributed by atoms with Gasteiger partial charge >= 0.3 is 0 Å². The molecule has 1 saturated carbocycles. The normalized spacial score (nSPS) is 22.5. The van der Waals surface area contributed by atoms with Crippen molar-refractivity contribution in [3.8, 4) is 0 Å². The van der Waals surface area contributed by atoms with Crippen molar-refractivity contribution >= 4 is 5.91 Å². The fourth-order valence-electron chi connectivity index (χ4n) is 2.64. The molecule has 0 unspecified atom stereocenters. The van der Waals surface area contributed by atoms with Gasteiger partial charge in [-0.3, -0.25) is 4.79 Å². The lowest BCUT2D eigenvalue weighted by Gasteiger charge is -2.49. The molecule has 17 heavy (non-hydrogen) atoms. The molecule has 0 radical (unpaired) electrons. The quantitative estimate of drug-likeness (QED) is 0.649. The minimum atomic E-state index is -0.900. The maximum absolute atomic E-state index is 12.8. The minimum Gasteiger partial charge on any atom is -0.337 e. The van der Waals surface area contributed by atoms with E-state index in [2.05, 4.69) is 6.58 Å². The van der Waals surface area contributed by atoms with Crippen LogP contribution < -0.4 is 0 Å². The van der Waals surface area contributed by atoms with E-state index in [-0.39, 0.29) is 5.41 Å². The number of likely N-dealkylation sites (tertiary alicyclic amines) is 1. The predicted octanol–water partition coefficient (Wildman–Crippen LogP) is 3.24. The van der Waals surface area contributed by atoms with Gasteiger partial charge in [-0.05, 0) is 31.1 Å². The zero-order chi connectivity index (χ0) is 13.1. The van der Waals surface area contributed by atoms with Crippen LogP contribution in [0.25, 0.3) is 0 Å². The van der Waals surface area contributed by atoms with Crippen LogP contribution in [0.2, 0.25) is 0 Å². The lowest BCUT2D eigenvalue weighted by Crippen LogP contribution is -2.49. The number of halogens is 2. The number of rotatable bonds is 1. The average molecular weight is 245 g/mol. The SMILES string of the molecule is C=C(F)C(=O)N1CCC2(CC1)CC(F)C2.CC. The highest BCUT2D eigenvalue weighted by Gasteiger charge is 2.46. The van der Waals surface area contributed by atoms with Gasteiger partial charge in [0.1, 0.15) is 6.17 Å². The summed E-state index contributed by atoms with van der Waals surface area (Å²) in [4.78, 5) is 12.7. The topological polar surface area (TPSA) is 20.3 Å². The van der Waals surface area contributed by atoms with Crippen LogP contribution in [0.3, 0.4) is 0 Å². The molecule has 1 aliphatic heterocycles. The first kappa shape index (κ1) is 14.1. The lowest BCUT2D eigenvalue weighted by atomic mass is 9.62. The average Bonchev–Trinajstić information content (AvgIpc) is 2.30. The molecule has 1 amide bonds. The van der Waals surface area contributed by atoms with Gasteiger partial charge < -0.3 is 4.90 Å². The van der Waals surface area contributed by atoms with E-state index in [4.69, 9.17) is 0 Å². The van der Waals surface area contributed by atoms with Crippen molar-refractivity contribution in [3.63, 3.8) is 0 Å². The first-order valence-corrected chi connectivity index (χ1v) is 6.30. The van der Waals surface area contributed by atoms with Crippen LogP contribution in [0.15, 0.2) is 12.4 Å². The first-order chi connectivity index (χ1) is 8.02. The Morgan fingerprint density at radius 1 is 1.29 bits per heavy atom. The molecule has 2 fully saturated rings. The Balaban J connectivity index is 0.000000686. The van der Waals surface area contributed by atoms with Crippen LogP contribution in [0.5, 0.6) is 0 Å². The number of alkyl halides is 1. The molecule has 1 aliphatic carbocycles.